The molecule has 2 amide bonds. The van der Waals surface area contributed by atoms with Crippen LogP contribution in [0, 0.1) is 5.92 Å². The number of rotatable bonds is 6. The summed E-state index contributed by atoms with van der Waals surface area (Å²) in [6, 6.07) is -1.04. The molecule has 3 aliphatic rings. The Hall–Kier alpha value is -1.76. The lowest BCUT2D eigenvalue weighted by molar-refractivity contribution is -0.0317. The predicted molar refractivity (Wildman–Crippen MR) is 92.7 cm³/mol. The second-order valence-corrected chi connectivity index (χ2v) is 8.50. The Kier molecular flexibility index (Phi) is 5.05. The van der Waals surface area contributed by atoms with Crippen LogP contribution in [0.15, 0.2) is 6.20 Å². The van der Waals surface area contributed by atoms with Crippen LogP contribution in [-0.4, -0.2) is 75.7 Å². The van der Waals surface area contributed by atoms with Gasteiger partial charge >= 0.3 is 16.4 Å². The van der Waals surface area contributed by atoms with Gasteiger partial charge in [-0.1, -0.05) is 5.21 Å². The van der Waals surface area contributed by atoms with Crippen molar-refractivity contribution in [2.75, 3.05) is 19.6 Å². The summed E-state index contributed by atoms with van der Waals surface area (Å²) in [6.07, 6.45) is 6.48. The molecule has 4 rings (SSSR count). The highest BCUT2D eigenvalue weighted by Gasteiger charge is 2.47. The molecule has 3 fully saturated rings. The molecule has 0 spiro atoms. The van der Waals surface area contributed by atoms with Crippen LogP contribution >= 0.6 is 0 Å². The van der Waals surface area contributed by atoms with Gasteiger partial charge in [0.2, 0.25) is 0 Å². The average Bonchev–Trinajstić information content (AvgIpc) is 3.15. The fourth-order valence-electron chi connectivity index (χ4n) is 4.23. The Bertz CT molecular complexity index is 792. The number of piperidine rings is 2. The lowest BCUT2D eigenvalue weighted by Crippen LogP contribution is -2.42. The van der Waals surface area contributed by atoms with E-state index in [1.807, 2.05) is 6.20 Å². The topological polar surface area (TPSA) is 130 Å². The molecule has 2 N–H and O–H groups in total. The third-order valence-corrected chi connectivity index (χ3v) is 5.85. The Morgan fingerprint density at radius 3 is 2.93 bits per heavy atom. The van der Waals surface area contributed by atoms with E-state index in [0.717, 1.165) is 30.3 Å². The molecule has 0 aliphatic carbocycles. The highest BCUT2D eigenvalue weighted by atomic mass is 32.3. The summed E-state index contributed by atoms with van der Waals surface area (Å²) in [5, 5.41) is 12.6. The van der Waals surface area contributed by atoms with Crippen LogP contribution in [0.4, 0.5) is 4.79 Å². The van der Waals surface area contributed by atoms with Crippen LogP contribution in [0.2, 0.25) is 0 Å². The average molecular weight is 400 g/mol. The standard InChI is InChI=1S/C15H24N6O5S/c22-15-20-10-14(21(15)26-27(23,24)25)4-3-13(20)9-19-8-12(17-18-19)6-11-2-1-5-16-7-11/h8,11,13-14,16H,1-7,9-10H2,(H,23,24,25). The van der Waals surface area contributed by atoms with Gasteiger partial charge in [-0.25, -0.2) is 4.79 Å². The molecule has 0 radical (unpaired) electrons. The number of nitrogens with one attached hydrogen (secondary N) is 1. The van der Waals surface area contributed by atoms with Gasteiger partial charge in [-0.3, -0.25) is 9.23 Å². The molecule has 2 bridgehead atoms. The maximum absolute atomic E-state index is 12.4. The number of hydroxylamine groups is 2. The first-order valence-corrected chi connectivity index (χ1v) is 10.6. The third-order valence-electron chi connectivity index (χ3n) is 5.50. The number of amides is 2. The first-order valence-electron chi connectivity index (χ1n) is 9.25. The SMILES string of the molecule is O=C1N2CC(CCC2Cn2cc(CC3CCCNC3)nn2)N1OS(=O)(=O)O. The van der Waals surface area contributed by atoms with Crippen molar-refractivity contribution in [2.24, 2.45) is 5.92 Å². The van der Waals surface area contributed by atoms with Gasteiger partial charge in [0.25, 0.3) is 0 Å². The van der Waals surface area contributed by atoms with Crippen molar-refractivity contribution in [1.29, 1.82) is 0 Å². The van der Waals surface area contributed by atoms with Crippen molar-refractivity contribution in [1.82, 2.24) is 30.3 Å². The van der Waals surface area contributed by atoms with Gasteiger partial charge in [-0.2, -0.15) is 13.5 Å². The number of urea groups is 1. The lowest BCUT2D eigenvalue weighted by Gasteiger charge is -2.30. The van der Waals surface area contributed by atoms with E-state index in [1.165, 1.54) is 12.8 Å². The molecule has 1 aromatic rings. The molecule has 3 saturated heterocycles. The fourth-order valence-corrected chi connectivity index (χ4v) is 4.62. The van der Waals surface area contributed by atoms with E-state index in [-0.39, 0.29) is 12.1 Å². The largest absolute Gasteiger partial charge is 0.418 e. The molecular formula is C15H24N6O5S. The molecule has 4 heterocycles. The maximum Gasteiger partial charge on any atom is 0.418 e. The monoisotopic (exact) mass is 400 g/mol. The summed E-state index contributed by atoms with van der Waals surface area (Å²) in [4.78, 5) is 14.0. The quantitative estimate of drug-likeness (QED) is 0.629. The summed E-state index contributed by atoms with van der Waals surface area (Å²) in [5.41, 5.74) is 0.946. The van der Waals surface area contributed by atoms with Gasteiger partial charge in [-0.15, -0.1) is 9.38 Å². The molecule has 3 atom stereocenters. The van der Waals surface area contributed by atoms with Gasteiger partial charge in [0.1, 0.15) is 0 Å². The van der Waals surface area contributed by atoms with Crippen molar-refractivity contribution in [2.45, 2.75) is 50.7 Å². The van der Waals surface area contributed by atoms with Crippen LogP contribution < -0.4 is 5.32 Å². The van der Waals surface area contributed by atoms with Crippen LogP contribution in [0.5, 0.6) is 0 Å². The van der Waals surface area contributed by atoms with E-state index in [0.29, 0.717) is 31.8 Å². The first-order chi connectivity index (χ1) is 12.9. The van der Waals surface area contributed by atoms with E-state index in [2.05, 4.69) is 19.9 Å². The number of aromatic nitrogens is 3. The Balaban J connectivity index is 1.37. The predicted octanol–water partition coefficient (Wildman–Crippen LogP) is -0.177. The zero-order valence-corrected chi connectivity index (χ0v) is 15.7. The Morgan fingerprint density at radius 1 is 1.33 bits per heavy atom. The summed E-state index contributed by atoms with van der Waals surface area (Å²) in [6.45, 7) is 2.94. The fraction of sp³-hybridized carbons (Fsp3) is 0.800. The second-order valence-electron chi connectivity index (χ2n) is 7.50. The Morgan fingerprint density at radius 2 is 2.19 bits per heavy atom. The molecule has 11 nitrogen and oxygen atoms in total. The van der Waals surface area contributed by atoms with E-state index in [1.54, 1.807) is 9.58 Å². The van der Waals surface area contributed by atoms with Crippen LogP contribution in [0.1, 0.15) is 31.4 Å². The zero-order valence-electron chi connectivity index (χ0n) is 14.9. The van der Waals surface area contributed by atoms with E-state index in [4.69, 9.17) is 4.55 Å². The number of hydrogen-bond acceptors (Lipinski definition) is 7. The van der Waals surface area contributed by atoms with E-state index < -0.39 is 16.4 Å². The van der Waals surface area contributed by atoms with E-state index in [9.17, 15) is 13.2 Å². The summed E-state index contributed by atoms with van der Waals surface area (Å²) in [7, 11) is -4.72. The van der Waals surface area contributed by atoms with Crippen molar-refractivity contribution in [3.05, 3.63) is 11.9 Å². The highest BCUT2D eigenvalue weighted by Crippen LogP contribution is 2.31. The van der Waals surface area contributed by atoms with Crippen LogP contribution in [0.3, 0.4) is 0 Å². The van der Waals surface area contributed by atoms with Crippen molar-refractivity contribution in [3.63, 3.8) is 0 Å². The molecular weight excluding hydrogens is 376 g/mol. The van der Waals surface area contributed by atoms with Crippen molar-refractivity contribution in [3.8, 4) is 0 Å². The molecule has 1 aromatic heterocycles. The first kappa shape index (κ1) is 18.6. The minimum absolute atomic E-state index is 0.116. The summed E-state index contributed by atoms with van der Waals surface area (Å²) >= 11 is 0. The van der Waals surface area contributed by atoms with Crippen molar-refractivity contribution >= 4 is 16.4 Å². The molecule has 3 aliphatic heterocycles. The molecule has 27 heavy (non-hydrogen) atoms. The zero-order chi connectivity index (χ0) is 19.0. The smallest absolute Gasteiger partial charge is 0.316 e. The normalized spacial score (nSPS) is 28.8. The second kappa shape index (κ2) is 7.34. The highest BCUT2D eigenvalue weighted by molar-refractivity contribution is 7.80. The summed E-state index contributed by atoms with van der Waals surface area (Å²) in [5.74, 6) is 0.575. The number of hydrogen-bond donors (Lipinski definition) is 2. The van der Waals surface area contributed by atoms with Gasteiger partial charge in [0, 0.05) is 12.7 Å². The number of nitrogens with zero attached hydrogens (tertiary/aromatic N) is 5. The number of carbonyl (C=O) groups excluding carboxylic acids is 1. The minimum Gasteiger partial charge on any atom is -0.316 e. The minimum atomic E-state index is -4.72. The molecule has 150 valence electrons. The van der Waals surface area contributed by atoms with Gasteiger partial charge in [-0.05, 0) is 51.1 Å². The maximum atomic E-state index is 12.4. The van der Waals surface area contributed by atoms with Gasteiger partial charge in [0.05, 0.1) is 24.3 Å². The summed E-state index contributed by atoms with van der Waals surface area (Å²) < 4.78 is 37.0. The molecule has 12 heteroatoms. The third kappa shape index (κ3) is 4.23. The molecule has 0 aromatic carbocycles. The number of fused-ring (bicyclic) bond motifs is 2. The van der Waals surface area contributed by atoms with Crippen LogP contribution in [0.25, 0.3) is 0 Å². The van der Waals surface area contributed by atoms with Crippen molar-refractivity contribution < 1.29 is 22.0 Å². The number of carbonyl (C=O) groups is 1. The lowest BCUT2D eigenvalue weighted by atomic mass is 9.95. The van der Waals surface area contributed by atoms with Crippen LogP contribution in [-0.2, 0) is 27.6 Å². The molecule has 0 saturated carbocycles. The van der Waals surface area contributed by atoms with E-state index >= 15 is 0 Å². The Labute approximate surface area is 157 Å². The molecule has 3 unspecified atom stereocenters. The van der Waals surface area contributed by atoms with Gasteiger partial charge < -0.3 is 10.2 Å². The van der Waals surface area contributed by atoms with Gasteiger partial charge in [0.15, 0.2) is 0 Å².